The second-order valence-electron chi connectivity index (χ2n) is 14.5. The fourth-order valence-electron chi connectivity index (χ4n) is 8.02. The lowest BCUT2D eigenvalue weighted by molar-refractivity contribution is 0.360. The highest BCUT2D eigenvalue weighted by atomic mass is 16.6. The number of hydrogen-bond donors (Lipinski definition) is 0. The van der Waals surface area contributed by atoms with Crippen molar-refractivity contribution in [1.82, 2.24) is 0 Å². The minimum atomic E-state index is 0.670. The van der Waals surface area contributed by atoms with E-state index in [9.17, 15) is 0 Å². The van der Waals surface area contributed by atoms with Crippen LogP contribution in [0.3, 0.4) is 0 Å². The van der Waals surface area contributed by atoms with Crippen molar-refractivity contribution in [3.05, 3.63) is 212 Å². The first-order chi connectivity index (χ1) is 28.7. The molecular weight excluding hydrogens is 711 g/mol. The summed E-state index contributed by atoms with van der Waals surface area (Å²) >= 11 is 0. The molecule has 1 aliphatic heterocycles. The van der Waals surface area contributed by atoms with Gasteiger partial charge in [0, 0.05) is 33.4 Å². The summed E-state index contributed by atoms with van der Waals surface area (Å²) < 4.78 is 19.3. The maximum absolute atomic E-state index is 6.47. The van der Waals surface area contributed by atoms with Crippen LogP contribution in [0.1, 0.15) is 0 Å². The van der Waals surface area contributed by atoms with E-state index in [0.29, 0.717) is 23.0 Å². The highest BCUT2D eigenvalue weighted by molar-refractivity contribution is 6.09. The van der Waals surface area contributed by atoms with Crippen LogP contribution in [0.5, 0.6) is 23.0 Å². The van der Waals surface area contributed by atoms with Gasteiger partial charge in [-0.3, -0.25) is 0 Å². The van der Waals surface area contributed by atoms with Crippen molar-refractivity contribution < 1.29 is 13.9 Å². The molecule has 0 saturated heterocycles. The Morgan fingerprint density at radius 3 is 1.29 bits per heavy atom. The molecule has 4 nitrogen and oxygen atoms in total. The van der Waals surface area contributed by atoms with Crippen LogP contribution in [0.25, 0.3) is 66.4 Å². The number of benzene rings is 9. The normalized spacial score (nSPS) is 11.7. The third kappa shape index (κ3) is 6.05. The van der Waals surface area contributed by atoms with Crippen molar-refractivity contribution in [2.45, 2.75) is 0 Å². The quantitative estimate of drug-likeness (QED) is 0.163. The monoisotopic (exact) mass is 745 g/mol. The van der Waals surface area contributed by atoms with E-state index >= 15 is 0 Å². The van der Waals surface area contributed by atoms with Gasteiger partial charge in [-0.05, 0) is 106 Å². The van der Waals surface area contributed by atoms with Crippen molar-refractivity contribution in [2.75, 3.05) is 4.90 Å². The summed E-state index contributed by atoms with van der Waals surface area (Å²) in [6.07, 6.45) is 0. The van der Waals surface area contributed by atoms with Crippen molar-refractivity contribution in [3.8, 4) is 67.5 Å². The summed E-state index contributed by atoms with van der Waals surface area (Å²) in [5.74, 6) is 2.70. The van der Waals surface area contributed by atoms with Crippen LogP contribution in [0.2, 0.25) is 0 Å². The standard InChI is InChI=1S/C54H35NO3/c1-3-10-36(11-4-1)38-18-26-43(27-19-38)55(44-28-20-39(21-29-44)37-12-5-2-6-13-37)45-30-22-40(23-31-45)41-24-32-50-52(34-41)56-51-33-25-42(35-53(51)57-50)46-15-9-16-48-47-14-7-8-17-49(47)58-54(46)48/h1-35H. The Kier molecular flexibility index (Phi) is 8.11. The van der Waals surface area contributed by atoms with Crippen molar-refractivity contribution >= 4 is 39.0 Å². The molecule has 9 aromatic carbocycles. The largest absolute Gasteiger partial charge is 0.455 e. The number of hydrogen-bond acceptors (Lipinski definition) is 4. The van der Waals surface area contributed by atoms with Crippen molar-refractivity contribution in [3.63, 3.8) is 0 Å². The second kappa shape index (κ2) is 14.0. The van der Waals surface area contributed by atoms with Crippen molar-refractivity contribution in [1.29, 1.82) is 0 Å². The predicted molar refractivity (Wildman–Crippen MR) is 237 cm³/mol. The molecule has 0 atom stereocenters. The highest BCUT2D eigenvalue weighted by Gasteiger charge is 2.22. The SMILES string of the molecule is c1ccc(-c2ccc(N(c3ccc(-c4ccccc4)cc3)c3ccc(-c4ccc5c(c4)Oc4ccc(-c6cccc7c6oc6ccccc67)cc4O5)cc3)cc2)cc1. The van der Waals surface area contributed by atoms with Crippen LogP contribution in [-0.4, -0.2) is 0 Å². The molecule has 0 N–H and O–H groups in total. The lowest BCUT2D eigenvalue weighted by atomic mass is 10.0. The van der Waals surface area contributed by atoms with Gasteiger partial charge in [0.1, 0.15) is 11.2 Å². The van der Waals surface area contributed by atoms with E-state index in [1.807, 2.05) is 48.5 Å². The number of anilines is 3. The van der Waals surface area contributed by atoms with Gasteiger partial charge in [-0.1, -0.05) is 146 Å². The number of rotatable bonds is 7. The number of ether oxygens (including phenoxy) is 2. The first kappa shape index (κ1) is 33.5. The Morgan fingerprint density at radius 2 is 0.724 bits per heavy atom. The van der Waals surface area contributed by atoms with Gasteiger partial charge in [0.05, 0.1) is 0 Å². The molecule has 0 spiro atoms. The molecule has 0 aliphatic carbocycles. The van der Waals surface area contributed by atoms with Gasteiger partial charge in [-0.25, -0.2) is 0 Å². The van der Waals surface area contributed by atoms with Crippen LogP contribution in [0.4, 0.5) is 17.1 Å². The molecule has 1 aliphatic rings. The molecular formula is C54H35NO3. The maximum Gasteiger partial charge on any atom is 0.170 e. The zero-order valence-electron chi connectivity index (χ0n) is 31.4. The Balaban J connectivity index is 0.882. The molecule has 10 aromatic rings. The lowest BCUT2D eigenvalue weighted by Gasteiger charge is -2.26. The van der Waals surface area contributed by atoms with Gasteiger partial charge in [0.15, 0.2) is 23.0 Å². The van der Waals surface area contributed by atoms with Crippen LogP contribution >= 0.6 is 0 Å². The average molecular weight is 746 g/mol. The smallest absolute Gasteiger partial charge is 0.170 e. The molecule has 11 rings (SSSR count). The first-order valence-electron chi connectivity index (χ1n) is 19.5. The van der Waals surface area contributed by atoms with E-state index in [-0.39, 0.29) is 0 Å². The third-order valence-electron chi connectivity index (χ3n) is 11.0. The maximum atomic E-state index is 6.47. The van der Waals surface area contributed by atoms with Crippen LogP contribution < -0.4 is 14.4 Å². The Bertz CT molecular complexity index is 3000. The summed E-state index contributed by atoms with van der Waals surface area (Å²) in [4.78, 5) is 2.30. The van der Waals surface area contributed by atoms with E-state index in [4.69, 9.17) is 13.9 Å². The summed E-state index contributed by atoms with van der Waals surface area (Å²) in [6.45, 7) is 0. The Hall–Kier alpha value is -7.82. The molecule has 0 saturated carbocycles. The first-order valence-corrected chi connectivity index (χ1v) is 19.5. The number of fused-ring (bicyclic) bond motifs is 5. The average Bonchev–Trinajstić information content (AvgIpc) is 3.68. The fourth-order valence-corrected chi connectivity index (χ4v) is 8.02. The second-order valence-corrected chi connectivity index (χ2v) is 14.5. The van der Waals surface area contributed by atoms with Gasteiger partial charge in [-0.2, -0.15) is 0 Å². The summed E-state index contributed by atoms with van der Waals surface area (Å²) in [5, 5.41) is 2.20. The summed E-state index contributed by atoms with van der Waals surface area (Å²) in [6, 6.07) is 73.9. The lowest BCUT2D eigenvalue weighted by Crippen LogP contribution is -2.09. The molecule has 0 radical (unpaired) electrons. The predicted octanol–water partition coefficient (Wildman–Crippen LogP) is 15.6. The molecule has 1 aromatic heterocycles. The van der Waals surface area contributed by atoms with Gasteiger partial charge in [-0.15, -0.1) is 0 Å². The van der Waals surface area contributed by atoms with E-state index in [1.54, 1.807) is 0 Å². The number of para-hydroxylation sites is 2. The van der Waals surface area contributed by atoms with E-state index in [2.05, 4.69) is 169 Å². The zero-order valence-corrected chi connectivity index (χ0v) is 31.4. The molecule has 2 heterocycles. The van der Waals surface area contributed by atoms with Crippen LogP contribution in [0.15, 0.2) is 217 Å². The summed E-state index contributed by atoms with van der Waals surface area (Å²) in [7, 11) is 0. The topological polar surface area (TPSA) is 34.8 Å². The summed E-state index contributed by atoms with van der Waals surface area (Å²) in [5.41, 5.74) is 13.8. The number of nitrogens with zero attached hydrogens (tertiary/aromatic N) is 1. The molecule has 0 bridgehead atoms. The zero-order chi connectivity index (χ0) is 38.4. The molecule has 4 heteroatoms. The van der Waals surface area contributed by atoms with Crippen molar-refractivity contribution in [2.24, 2.45) is 0 Å². The molecule has 0 amide bonds. The Labute approximate surface area is 336 Å². The highest BCUT2D eigenvalue weighted by Crippen LogP contribution is 2.49. The third-order valence-corrected chi connectivity index (χ3v) is 11.0. The molecule has 0 unspecified atom stereocenters. The number of furan rings is 1. The van der Waals surface area contributed by atoms with E-state index in [1.165, 1.54) is 22.3 Å². The van der Waals surface area contributed by atoms with Gasteiger partial charge in [0.25, 0.3) is 0 Å². The fraction of sp³-hybridized carbons (Fsp3) is 0. The van der Waals surface area contributed by atoms with Crippen LogP contribution in [0, 0.1) is 0 Å². The van der Waals surface area contributed by atoms with Gasteiger partial charge < -0.3 is 18.8 Å². The minimum absolute atomic E-state index is 0.670. The minimum Gasteiger partial charge on any atom is -0.455 e. The van der Waals surface area contributed by atoms with Gasteiger partial charge >= 0.3 is 0 Å². The van der Waals surface area contributed by atoms with E-state index < -0.39 is 0 Å². The van der Waals surface area contributed by atoms with Gasteiger partial charge in [0.2, 0.25) is 0 Å². The molecule has 0 fully saturated rings. The Morgan fingerprint density at radius 1 is 0.293 bits per heavy atom. The molecule has 274 valence electrons. The van der Waals surface area contributed by atoms with Crippen LogP contribution in [-0.2, 0) is 0 Å². The molecule has 58 heavy (non-hydrogen) atoms. The van der Waals surface area contributed by atoms with E-state index in [0.717, 1.165) is 61.3 Å².